The Balaban J connectivity index is 1.40. The van der Waals surface area contributed by atoms with E-state index < -0.39 is 0 Å². The van der Waals surface area contributed by atoms with Crippen molar-refractivity contribution in [3.8, 4) is 10.6 Å². The lowest BCUT2D eigenvalue weighted by atomic mass is 10.2. The first kappa shape index (κ1) is 19.3. The number of halogens is 2. The predicted molar refractivity (Wildman–Crippen MR) is 113 cm³/mol. The third kappa shape index (κ3) is 4.88. The Labute approximate surface area is 175 Å². The number of nitrogens with zero attached hydrogens (tertiary/aromatic N) is 3. The first-order valence-corrected chi connectivity index (χ1v) is 10.1. The molecule has 0 radical (unpaired) electrons. The Kier molecular flexibility index (Phi) is 5.69. The molecule has 29 heavy (non-hydrogen) atoms. The maximum absolute atomic E-state index is 13.1. The SMILES string of the molecule is O=C(Cc1csc(-c2ccc(F)cc2)n1)Nc1ccnn1Cc1ccc(Cl)cc1. The fraction of sp³-hybridized carbons (Fsp3) is 0.0952. The van der Waals surface area contributed by atoms with Gasteiger partial charge in [-0.05, 0) is 42.0 Å². The van der Waals surface area contributed by atoms with Gasteiger partial charge >= 0.3 is 0 Å². The van der Waals surface area contributed by atoms with Gasteiger partial charge in [-0.15, -0.1) is 11.3 Å². The molecule has 0 aliphatic carbocycles. The largest absolute Gasteiger partial charge is 0.311 e. The number of hydrogen-bond acceptors (Lipinski definition) is 4. The summed E-state index contributed by atoms with van der Waals surface area (Å²) in [5, 5.41) is 10.4. The molecule has 0 unspecified atom stereocenters. The van der Waals surface area contributed by atoms with E-state index in [1.54, 1.807) is 29.1 Å². The Morgan fingerprint density at radius 2 is 1.86 bits per heavy atom. The highest BCUT2D eigenvalue weighted by molar-refractivity contribution is 7.13. The van der Waals surface area contributed by atoms with E-state index in [0.29, 0.717) is 23.1 Å². The van der Waals surface area contributed by atoms with E-state index >= 15 is 0 Å². The summed E-state index contributed by atoms with van der Waals surface area (Å²) >= 11 is 7.34. The fourth-order valence-electron chi connectivity index (χ4n) is 2.79. The lowest BCUT2D eigenvalue weighted by Gasteiger charge is -2.09. The van der Waals surface area contributed by atoms with Crippen LogP contribution in [0.3, 0.4) is 0 Å². The van der Waals surface area contributed by atoms with Crippen molar-refractivity contribution in [3.63, 3.8) is 0 Å². The van der Waals surface area contributed by atoms with Crippen molar-refractivity contribution in [1.82, 2.24) is 14.8 Å². The second-order valence-electron chi connectivity index (χ2n) is 6.38. The molecule has 5 nitrogen and oxygen atoms in total. The summed E-state index contributed by atoms with van der Waals surface area (Å²) < 4.78 is 14.8. The van der Waals surface area contributed by atoms with Crippen LogP contribution < -0.4 is 5.32 Å². The second kappa shape index (κ2) is 8.55. The summed E-state index contributed by atoms with van der Waals surface area (Å²) in [5.41, 5.74) is 2.51. The second-order valence-corrected chi connectivity index (χ2v) is 7.67. The van der Waals surface area contributed by atoms with Crippen molar-refractivity contribution in [3.05, 3.63) is 88.3 Å². The van der Waals surface area contributed by atoms with Crippen molar-refractivity contribution in [1.29, 1.82) is 0 Å². The van der Waals surface area contributed by atoms with Crippen molar-refractivity contribution in [2.24, 2.45) is 0 Å². The summed E-state index contributed by atoms with van der Waals surface area (Å²) in [6, 6.07) is 15.4. The molecule has 2 heterocycles. The quantitative estimate of drug-likeness (QED) is 0.470. The van der Waals surface area contributed by atoms with Gasteiger partial charge in [0.25, 0.3) is 0 Å². The van der Waals surface area contributed by atoms with Crippen molar-refractivity contribution in [2.75, 3.05) is 5.32 Å². The molecule has 4 aromatic rings. The van der Waals surface area contributed by atoms with Crippen LogP contribution in [0.5, 0.6) is 0 Å². The zero-order valence-corrected chi connectivity index (χ0v) is 16.8. The van der Waals surface area contributed by atoms with Gasteiger partial charge in [-0.2, -0.15) is 5.10 Å². The molecule has 0 saturated carbocycles. The minimum absolute atomic E-state index is 0.143. The van der Waals surface area contributed by atoms with Crippen LogP contribution in [0.25, 0.3) is 10.6 Å². The number of anilines is 1. The first-order valence-electron chi connectivity index (χ1n) is 8.83. The molecule has 2 aromatic heterocycles. The van der Waals surface area contributed by atoms with Crippen LogP contribution in [0, 0.1) is 5.82 Å². The summed E-state index contributed by atoms with van der Waals surface area (Å²) in [6.07, 6.45) is 1.78. The Hall–Kier alpha value is -3.03. The van der Waals surface area contributed by atoms with E-state index in [9.17, 15) is 9.18 Å². The standard InChI is InChI=1S/C21H16ClFN4OS/c22-16-5-1-14(2-6-16)12-27-19(9-10-24-27)26-20(28)11-18-13-29-21(25-18)15-3-7-17(23)8-4-15/h1-10,13H,11-12H2,(H,26,28). The van der Waals surface area contributed by atoms with Gasteiger partial charge < -0.3 is 5.32 Å². The molecule has 0 saturated heterocycles. The van der Waals surface area contributed by atoms with Gasteiger partial charge in [-0.1, -0.05) is 23.7 Å². The monoisotopic (exact) mass is 426 g/mol. The van der Waals surface area contributed by atoms with Gasteiger partial charge in [-0.3, -0.25) is 4.79 Å². The van der Waals surface area contributed by atoms with E-state index in [4.69, 9.17) is 11.6 Å². The Morgan fingerprint density at radius 1 is 1.10 bits per heavy atom. The number of rotatable bonds is 6. The van der Waals surface area contributed by atoms with Crippen LogP contribution in [0.1, 0.15) is 11.3 Å². The lowest BCUT2D eigenvalue weighted by Crippen LogP contribution is -2.18. The van der Waals surface area contributed by atoms with Gasteiger partial charge in [0, 0.05) is 22.0 Å². The third-order valence-corrected chi connectivity index (χ3v) is 5.41. The average molecular weight is 427 g/mol. The lowest BCUT2D eigenvalue weighted by molar-refractivity contribution is -0.115. The van der Waals surface area contributed by atoms with E-state index in [1.807, 2.05) is 29.6 Å². The van der Waals surface area contributed by atoms with Crippen LogP contribution in [-0.2, 0) is 17.8 Å². The molecule has 0 aliphatic heterocycles. The molecule has 2 aromatic carbocycles. The topological polar surface area (TPSA) is 59.8 Å². The molecule has 1 amide bonds. The molecule has 0 fully saturated rings. The number of amides is 1. The molecule has 0 spiro atoms. The molecule has 0 aliphatic rings. The van der Waals surface area contributed by atoms with E-state index in [1.165, 1.54) is 23.5 Å². The molecule has 146 valence electrons. The predicted octanol–water partition coefficient (Wildman–Crippen LogP) is 5.03. The van der Waals surface area contributed by atoms with Crippen LogP contribution in [-0.4, -0.2) is 20.7 Å². The zero-order chi connectivity index (χ0) is 20.2. The molecular weight excluding hydrogens is 411 g/mol. The summed E-state index contributed by atoms with van der Waals surface area (Å²) in [7, 11) is 0. The van der Waals surface area contributed by atoms with Crippen LogP contribution >= 0.6 is 22.9 Å². The number of nitrogens with one attached hydrogen (secondary N) is 1. The fourth-order valence-corrected chi connectivity index (χ4v) is 3.74. The number of benzene rings is 2. The molecular formula is C21H16ClFN4OS. The Morgan fingerprint density at radius 3 is 2.62 bits per heavy atom. The molecule has 0 bridgehead atoms. The minimum atomic E-state index is -0.292. The minimum Gasteiger partial charge on any atom is -0.311 e. The summed E-state index contributed by atoms with van der Waals surface area (Å²) in [6.45, 7) is 0.519. The smallest absolute Gasteiger partial charge is 0.231 e. The molecule has 0 atom stereocenters. The van der Waals surface area contributed by atoms with Crippen LogP contribution in [0.4, 0.5) is 10.2 Å². The maximum atomic E-state index is 13.1. The van der Waals surface area contributed by atoms with Gasteiger partial charge in [0.15, 0.2) is 0 Å². The van der Waals surface area contributed by atoms with E-state index in [2.05, 4.69) is 15.4 Å². The summed E-state index contributed by atoms with van der Waals surface area (Å²) in [4.78, 5) is 16.9. The highest BCUT2D eigenvalue weighted by Crippen LogP contribution is 2.24. The van der Waals surface area contributed by atoms with Crippen molar-refractivity contribution >= 4 is 34.7 Å². The van der Waals surface area contributed by atoms with Crippen LogP contribution in [0.15, 0.2) is 66.2 Å². The number of carbonyl (C=O) groups is 1. The average Bonchev–Trinajstić information content (AvgIpc) is 3.34. The van der Waals surface area contributed by atoms with Gasteiger partial charge in [0.05, 0.1) is 24.9 Å². The zero-order valence-electron chi connectivity index (χ0n) is 15.2. The molecule has 1 N–H and O–H groups in total. The normalized spacial score (nSPS) is 10.8. The van der Waals surface area contributed by atoms with E-state index in [0.717, 1.165) is 16.1 Å². The van der Waals surface area contributed by atoms with Crippen molar-refractivity contribution < 1.29 is 9.18 Å². The maximum Gasteiger partial charge on any atom is 0.231 e. The van der Waals surface area contributed by atoms with Crippen molar-refractivity contribution in [2.45, 2.75) is 13.0 Å². The number of carbonyl (C=O) groups excluding carboxylic acids is 1. The highest BCUT2D eigenvalue weighted by Gasteiger charge is 2.12. The third-order valence-electron chi connectivity index (χ3n) is 4.21. The van der Waals surface area contributed by atoms with E-state index in [-0.39, 0.29) is 18.1 Å². The Bertz CT molecular complexity index is 1120. The van der Waals surface area contributed by atoms with Gasteiger partial charge in [0.2, 0.25) is 5.91 Å². The molecule has 4 rings (SSSR count). The number of hydrogen-bond donors (Lipinski definition) is 1. The highest BCUT2D eigenvalue weighted by atomic mass is 35.5. The van der Waals surface area contributed by atoms with Gasteiger partial charge in [0.1, 0.15) is 16.6 Å². The number of aromatic nitrogens is 3. The molecule has 8 heteroatoms. The van der Waals surface area contributed by atoms with Gasteiger partial charge in [-0.25, -0.2) is 14.1 Å². The first-order chi connectivity index (χ1) is 14.1. The number of thiazole rings is 1. The summed E-state index contributed by atoms with van der Waals surface area (Å²) in [5.74, 6) is 0.137. The van der Waals surface area contributed by atoms with Crippen LogP contribution in [0.2, 0.25) is 5.02 Å².